The fraction of sp³-hybridized carbons (Fsp3) is 0.0556. The molecule has 1 aliphatic heterocycles. The van der Waals surface area contributed by atoms with Crippen molar-refractivity contribution in [2.45, 2.75) is 6.54 Å². The normalized spacial score (nSPS) is 16.2. The molecule has 1 aromatic carbocycles. The molecule has 9 nitrogen and oxygen atoms in total. The molecule has 0 saturated carbocycles. The van der Waals surface area contributed by atoms with Crippen LogP contribution in [0.15, 0.2) is 64.8 Å². The molecule has 1 aliphatic rings. The van der Waals surface area contributed by atoms with Gasteiger partial charge >= 0.3 is 6.03 Å². The molecule has 0 aliphatic carbocycles. The minimum Gasteiger partial charge on any atom is -0.467 e. The summed E-state index contributed by atoms with van der Waals surface area (Å²) in [6, 6.07) is 8.39. The number of barbiturate groups is 1. The number of nitro benzene ring substituents is 1. The van der Waals surface area contributed by atoms with E-state index >= 15 is 0 Å². The van der Waals surface area contributed by atoms with Crippen molar-refractivity contribution in [3.63, 3.8) is 0 Å². The Bertz CT molecular complexity index is 975. The number of furan rings is 1. The van der Waals surface area contributed by atoms with Crippen LogP contribution >= 0.6 is 0 Å². The predicted octanol–water partition coefficient (Wildman–Crippen LogP) is 2.41. The van der Waals surface area contributed by atoms with Crippen molar-refractivity contribution >= 4 is 29.6 Å². The zero-order valence-electron chi connectivity index (χ0n) is 13.8. The van der Waals surface area contributed by atoms with Crippen molar-refractivity contribution in [2.24, 2.45) is 0 Å². The number of hydrogen-bond donors (Lipinski definition) is 1. The number of imide groups is 2. The Morgan fingerprint density at radius 2 is 1.93 bits per heavy atom. The Morgan fingerprint density at radius 3 is 2.63 bits per heavy atom. The third-order valence-corrected chi connectivity index (χ3v) is 3.75. The monoisotopic (exact) mass is 367 g/mol. The van der Waals surface area contributed by atoms with Crippen LogP contribution in [0.3, 0.4) is 0 Å². The second-order valence-electron chi connectivity index (χ2n) is 5.49. The first kappa shape index (κ1) is 17.8. The number of nitrogens with one attached hydrogen (secondary N) is 1. The highest BCUT2D eigenvalue weighted by molar-refractivity contribution is 6.28. The van der Waals surface area contributed by atoms with Gasteiger partial charge in [-0.3, -0.25) is 29.9 Å². The van der Waals surface area contributed by atoms with Crippen molar-refractivity contribution in [2.75, 3.05) is 0 Å². The average molecular weight is 367 g/mol. The van der Waals surface area contributed by atoms with Crippen molar-refractivity contribution in [3.05, 3.63) is 81.8 Å². The Balaban J connectivity index is 1.84. The van der Waals surface area contributed by atoms with Crippen molar-refractivity contribution < 1.29 is 23.7 Å². The van der Waals surface area contributed by atoms with Crippen LogP contribution in [0.5, 0.6) is 0 Å². The van der Waals surface area contributed by atoms with Gasteiger partial charge in [0.05, 0.1) is 23.3 Å². The van der Waals surface area contributed by atoms with Crippen LogP contribution in [0, 0.1) is 10.1 Å². The van der Waals surface area contributed by atoms with E-state index in [2.05, 4.69) is 5.32 Å². The zero-order valence-corrected chi connectivity index (χ0v) is 13.8. The van der Waals surface area contributed by atoms with E-state index in [1.54, 1.807) is 18.2 Å². The topological polar surface area (TPSA) is 123 Å². The van der Waals surface area contributed by atoms with Gasteiger partial charge in [0.25, 0.3) is 17.5 Å². The Hall–Kier alpha value is -4.01. The first-order valence-corrected chi connectivity index (χ1v) is 7.78. The molecule has 0 unspecified atom stereocenters. The van der Waals surface area contributed by atoms with Crippen LogP contribution in [0.2, 0.25) is 0 Å². The van der Waals surface area contributed by atoms with Crippen molar-refractivity contribution in [1.82, 2.24) is 10.2 Å². The third kappa shape index (κ3) is 3.82. The predicted molar refractivity (Wildman–Crippen MR) is 93.0 cm³/mol. The quantitative estimate of drug-likeness (QED) is 0.375. The number of carbonyl (C=O) groups excluding carboxylic acids is 3. The molecule has 9 heteroatoms. The van der Waals surface area contributed by atoms with Crippen LogP contribution in [0.1, 0.15) is 11.3 Å². The number of nitro groups is 1. The minimum absolute atomic E-state index is 0.110. The van der Waals surface area contributed by atoms with Gasteiger partial charge in [0, 0.05) is 6.07 Å². The molecule has 2 aromatic rings. The number of allylic oxidation sites excluding steroid dienone is 2. The summed E-state index contributed by atoms with van der Waals surface area (Å²) in [7, 11) is 0. The van der Waals surface area contributed by atoms with Crippen LogP contribution in [-0.4, -0.2) is 27.7 Å². The third-order valence-electron chi connectivity index (χ3n) is 3.75. The smallest absolute Gasteiger partial charge is 0.331 e. The molecule has 4 amide bonds. The van der Waals surface area contributed by atoms with E-state index in [0.29, 0.717) is 11.3 Å². The second kappa shape index (κ2) is 7.48. The summed E-state index contributed by atoms with van der Waals surface area (Å²) in [6.07, 6.45) is 5.35. The van der Waals surface area contributed by atoms with Crippen LogP contribution in [-0.2, 0) is 16.1 Å². The largest absolute Gasteiger partial charge is 0.467 e. The molecule has 3 rings (SSSR count). The van der Waals surface area contributed by atoms with Gasteiger partial charge in [-0.15, -0.1) is 0 Å². The van der Waals surface area contributed by atoms with Gasteiger partial charge in [0.1, 0.15) is 11.3 Å². The number of para-hydroxylation sites is 1. The number of urea groups is 1. The van der Waals surface area contributed by atoms with Crippen LogP contribution in [0.4, 0.5) is 10.5 Å². The number of hydrogen-bond acceptors (Lipinski definition) is 6. The maximum Gasteiger partial charge on any atom is 0.331 e. The molecule has 0 bridgehead atoms. The molecule has 1 N–H and O–H groups in total. The minimum atomic E-state index is -0.846. The molecule has 0 atom stereocenters. The van der Waals surface area contributed by atoms with Gasteiger partial charge in [-0.1, -0.05) is 18.2 Å². The summed E-state index contributed by atoms with van der Waals surface area (Å²) in [5.74, 6) is -1.25. The van der Waals surface area contributed by atoms with Gasteiger partial charge in [0.2, 0.25) is 0 Å². The maximum atomic E-state index is 12.5. The highest BCUT2D eigenvalue weighted by atomic mass is 16.6. The molecular formula is C18H13N3O6. The van der Waals surface area contributed by atoms with Gasteiger partial charge in [-0.05, 0) is 30.4 Å². The average Bonchev–Trinajstić information content (AvgIpc) is 3.15. The summed E-state index contributed by atoms with van der Waals surface area (Å²) in [4.78, 5) is 47.7. The highest BCUT2D eigenvalue weighted by Crippen LogP contribution is 2.20. The van der Waals surface area contributed by atoms with Crippen molar-refractivity contribution in [1.29, 1.82) is 0 Å². The lowest BCUT2D eigenvalue weighted by molar-refractivity contribution is -0.385. The van der Waals surface area contributed by atoms with Crippen molar-refractivity contribution in [3.8, 4) is 0 Å². The zero-order chi connectivity index (χ0) is 19.4. The maximum absolute atomic E-state index is 12.5. The fourth-order valence-corrected chi connectivity index (χ4v) is 2.46. The van der Waals surface area contributed by atoms with E-state index in [1.165, 1.54) is 42.7 Å². The number of nitrogens with zero attached hydrogens (tertiary/aromatic N) is 2. The second-order valence-corrected chi connectivity index (χ2v) is 5.49. The summed E-state index contributed by atoms with van der Waals surface area (Å²) in [5, 5.41) is 13.1. The van der Waals surface area contributed by atoms with E-state index in [-0.39, 0.29) is 17.8 Å². The Kier molecular flexibility index (Phi) is 4.93. The molecule has 1 saturated heterocycles. The lowest BCUT2D eigenvalue weighted by Crippen LogP contribution is -2.53. The summed E-state index contributed by atoms with van der Waals surface area (Å²) in [5.41, 5.74) is -0.0660. The van der Waals surface area contributed by atoms with E-state index in [0.717, 1.165) is 4.90 Å². The number of rotatable bonds is 5. The van der Waals surface area contributed by atoms with Crippen LogP contribution < -0.4 is 5.32 Å². The van der Waals surface area contributed by atoms with Gasteiger partial charge in [-0.25, -0.2) is 4.79 Å². The molecule has 27 heavy (non-hydrogen) atoms. The molecule has 136 valence electrons. The molecule has 0 spiro atoms. The molecule has 0 radical (unpaired) electrons. The summed E-state index contributed by atoms with van der Waals surface area (Å²) < 4.78 is 5.11. The van der Waals surface area contributed by atoms with E-state index in [1.807, 2.05) is 0 Å². The van der Waals surface area contributed by atoms with E-state index in [9.17, 15) is 24.5 Å². The summed E-state index contributed by atoms with van der Waals surface area (Å²) >= 11 is 0. The van der Waals surface area contributed by atoms with E-state index in [4.69, 9.17) is 4.42 Å². The van der Waals surface area contributed by atoms with E-state index < -0.39 is 22.8 Å². The van der Waals surface area contributed by atoms with Crippen LogP contribution in [0.25, 0.3) is 6.08 Å². The van der Waals surface area contributed by atoms with Gasteiger partial charge < -0.3 is 4.42 Å². The SMILES string of the molecule is O=C1NC(=O)N(Cc2ccco2)C(=O)C1=CC=Cc1ccccc1[N+](=O)[O-]. The Labute approximate surface area is 152 Å². The Morgan fingerprint density at radius 1 is 1.15 bits per heavy atom. The summed E-state index contributed by atoms with van der Waals surface area (Å²) in [6.45, 7) is -0.129. The standard InChI is InChI=1S/C18H13N3O6/c22-16-14(8-3-6-12-5-1-2-9-15(12)21(25)26)17(23)20(18(24)19-16)11-13-7-4-10-27-13/h1-10H,11H2,(H,19,22,24). The van der Waals surface area contributed by atoms with Gasteiger partial charge in [-0.2, -0.15) is 0 Å². The number of amides is 4. The lowest BCUT2D eigenvalue weighted by atomic mass is 10.1. The highest BCUT2D eigenvalue weighted by Gasteiger charge is 2.35. The number of carbonyl (C=O) groups is 3. The molecule has 1 aromatic heterocycles. The molecular weight excluding hydrogens is 354 g/mol. The molecule has 1 fully saturated rings. The lowest BCUT2D eigenvalue weighted by Gasteiger charge is -2.25. The first-order valence-electron chi connectivity index (χ1n) is 7.78. The van der Waals surface area contributed by atoms with Gasteiger partial charge in [0.15, 0.2) is 0 Å². The molecule has 2 heterocycles. The fourth-order valence-electron chi connectivity index (χ4n) is 2.46. The first-order chi connectivity index (χ1) is 13.0. The number of benzene rings is 1.